The third-order valence-corrected chi connectivity index (χ3v) is 4.19. The first-order valence-electron chi connectivity index (χ1n) is 8.24. The van der Waals surface area contributed by atoms with Crippen LogP contribution in [0.25, 0.3) is 0 Å². The molecule has 2 atom stereocenters. The van der Waals surface area contributed by atoms with Crippen molar-refractivity contribution in [2.75, 3.05) is 25.0 Å². The van der Waals surface area contributed by atoms with E-state index in [0.717, 1.165) is 29.9 Å². The van der Waals surface area contributed by atoms with Gasteiger partial charge in [0.25, 0.3) is 0 Å². The SMILES string of the molecule is Cc1ccc(NC(=O)NC(=O)CN2C[C@H](C)C[C@@H](C)C2)c(C)c1. The molecule has 23 heavy (non-hydrogen) atoms. The first kappa shape index (κ1) is 17.5. The van der Waals surface area contributed by atoms with Crippen molar-refractivity contribution >= 4 is 17.6 Å². The molecule has 2 N–H and O–H groups in total. The number of amides is 3. The molecule has 1 aliphatic rings. The van der Waals surface area contributed by atoms with Gasteiger partial charge in [-0.3, -0.25) is 15.0 Å². The number of likely N-dealkylation sites (tertiary alicyclic amines) is 1. The molecular weight excluding hydrogens is 290 g/mol. The molecule has 126 valence electrons. The predicted molar refractivity (Wildman–Crippen MR) is 92.5 cm³/mol. The quantitative estimate of drug-likeness (QED) is 0.901. The van der Waals surface area contributed by atoms with Gasteiger partial charge in [0.05, 0.1) is 6.54 Å². The topological polar surface area (TPSA) is 61.4 Å². The summed E-state index contributed by atoms with van der Waals surface area (Å²) in [6, 6.07) is 5.30. The van der Waals surface area contributed by atoms with Crippen LogP contribution in [0.5, 0.6) is 0 Å². The van der Waals surface area contributed by atoms with Gasteiger partial charge < -0.3 is 5.32 Å². The summed E-state index contributed by atoms with van der Waals surface area (Å²) >= 11 is 0. The number of aryl methyl sites for hydroxylation is 2. The highest BCUT2D eigenvalue weighted by atomic mass is 16.2. The largest absolute Gasteiger partial charge is 0.325 e. The summed E-state index contributed by atoms with van der Waals surface area (Å²) in [5, 5.41) is 5.15. The lowest BCUT2D eigenvalue weighted by atomic mass is 9.92. The van der Waals surface area contributed by atoms with E-state index in [1.54, 1.807) is 0 Å². The van der Waals surface area contributed by atoms with E-state index in [9.17, 15) is 9.59 Å². The summed E-state index contributed by atoms with van der Waals surface area (Å²) < 4.78 is 0. The van der Waals surface area contributed by atoms with Gasteiger partial charge in [-0.05, 0) is 43.7 Å². The fraction of sp³-hybridized carbons (Fsp3) is 0.556. The lowest BCUT2D eigenvalue weighted by Gasteiger charge is -2.34. The number of hydrogen-bond acceptors (Lipinski definition) is 3. The number of benzene rings is 1. The van der Waals surface area contributed by atoms with Crippen LogP contribution in [0.4, 0.5) is 10.5 Å². The normalized spacial score (nSPS) is 21.7. The third-order valence-electron chi connectivity index (χ3n) is 4.19. The van der Waals surface area contributed by atoms with Crippen LogP contribution in [0, 0.1) is 25.7 Å². The van der Waals surface area contributed by atoms with Crippen molar-refractivity contribution in [3.8, 4) is 0 Å². The molecule has 1 fully saturated rings. The molecule has 1 heterocycles. The number of carbonyl (C=O) groups is 2. The molecule has 0 spiro atoms. The van der Waals surface area contributed by atoms with Gasteiger partial charge in [-0.2, -0.15) is 0 Å². The molecule has 1 saturated heterocycles. The zero-order valence-electron chi connectivity index (χ0n) is 14.5. The Labute approximate surface area is 138 Å². The van der Waals surface area contributed by atoms with E-state index in [1.165, 1.54) is 6.42 Å². The number of anilines is 1. The standard InChI is InChI=1S/C18H27N3O2/c1-12-5-6-16(15(4)8-12)19-18(23)20-17(22)11-21-9-13(2)7-14(3)10-21/h5-6,8,13-14H,7,9-11H2,1-4H3,(H2,19,20,22,23)/t13-,14-/m1/s1. The van der Waals surface area contributed by atoms with Gasteiger partial charge in [-0.15, -0.1) is 0 Å². The van der Waals surface area contributed by atoms with Crippen molar-refractivity contribution < 1.29 is 9.59 Å². The van der Waals surface area contributed by atoms with E-state index in [4.69, 9.17) is 0 Å². The molecule has 5 nitrogen and oxygen atoms in total. The minimum Gasteiger partial charge on any atom is -0.307 e. The molecule has 3 amide bonds. The summed E-state index contributed by atoms with van der Waals surface area (Å²) in [5.41, 5.74) is 2.84. The molecule has 1 aromatic rings. The average molecular weight is 317 g/mol. The second-order valence-corrected chi connectivity index (χ2v) is 6.96. The van der Waals surface area contributed by atoms with Gasteiger partial charge >= 0.3 is 6.03 Å². The highest BCUT2D eigenvalue weighted by Gasteiger charge is 2.23. The lowest BCUT2D eigenvalue weighted by molar-refractivity contribution is -0.121. The van der Waals surface area contributed by atoms with Gasteiger partial charge in [-0.25, -0.2) is 4.79 Å². The van der Waals surface area contributed by atoms with Gasteiger partial charge in [0.15, 0.2) is 0 Å². The highest BCUT2D eigenvalue weighted by Crippen LogP contribution is 2.20. The van der Waals surface area contributed by atoms with Crippen LogP contribution in [0.2, 0.25) is 0 Å². The van der Waals surface area contributed by atoms with E-state index < -0.39 is 6.03 Å². The molecule has 0 saturated carbocycles. The maximum absolute atomic E-state index is 12.1. The van der Waals surface area contributed by atoms with Gasteiger partial charge in [0.1, 0.15) is 0 Å². The Morgan fingerprint density at radius 1 is 1.17 bits per heavy atom. The molecule has 1 aromatic carbocycles. The zero-order chi connectivity index (χ0) is 17.0. The maximum atomic E-state index is 12.1. The van der Waals surface area contributed by atoms with E-state index in [0.29, 0.717) is 11.8 Å². The fourth-order valence-electron chi connectivity index (χ4n) is 3.40. The van der Waals surface area contributed by atoms with E-state index >= 15 is 0 Å². The van der Waals surface area contributed by atoms with Crippen LogP contribution in [0.1, 0.15) is 31.4 Å². The number of rotatable bonds is 3. The van der Waals surface area contributed by atoms with Crippen molar-refractivity contribution in [1.29, 1.82) is 0 Å². The van der Waals surface area contributed by atoms with Crippen LogP contribution >= 0.6 is 0 Å². The van der Waals surface area contributed by atoms with E-state index in [1.807, 2.05) is 32.0 Å². The molecule has 1 aliphatic heterocycles. The van der Waals surface area contributed by atoms with Crippen molar-refractivity contribution in [2.24, 2.45) is 11.8 Å². The number of carbonyl (C=O) groups excluding carboxylic acids is 2. The maximum Gasteiger partial charge on any atom is 0.325 e. The second-order valence-electron chi connectivity index (χ2n) is 6.96. The summed E-state index contributed by atoms with van der Waals surface area (Å²) in [6.07, 6.45) is 1.20. The first-order valence-corrected chi connectivity index (χ1v) is 8.24. The van der Waals surface area contributed by atoms with Crippen molar-refractivity contribution in [2.45, 2.75) is 34.1 Å². The molecule has 0 bridgehead atoms. The molecular formula is C18H27N3O2. The molecule has 2 rings (SSSR count). The Hall–Kier alpha value is -1.88. The number of hydrogen-bond donors (Lipinski definition) is 2. The monoisotopic (exact) mass is 317 g/mol. The Morgan fingerprint density at radius 2 is 1.83 bits per heavy atom. The Bertz CT molecular complexity index is 576. The molecule has 0 aromatic heterocycles. The summed E-state index contributed by atoms with van der Waals surface area (Å²) in [7, 11) is 0. The number of nitrogens with zero attached hydrogens (tertiary/aromatic N) is 1. The van der Waals surface area contributed by atoms with Crippen molar-refractivity contribution in [1.82, 2.24) is 10.2 Å². The van der Waals surface area contributed by atoms with Crippen LogP contribution in [-0.2, 0) is 4.79 Å². The highest BCUT2D eigenvalue weighted by molar-refractivity contribution is 6.02. The number of piperidine rings is 1. The lowest BCUT2D eigenvalue weighted by Crippen LogP contribution is -2.46. The average Bonchev–Trinajstić information content (AvgIpc) is 2.40. The van der Waals surface area contributed by atoms with Crippen LogP contribution in [-0.4, -0.2) is 36.5 Å². The molecule has 0 unspecified atom stereocenters. The van der Waals surface area contributed by atoms with E-state index in [-0.39, 0.29) is 12.5 Å². The zero-order valence-corrected chi connectivity index (χ0v) is 14.5. The molecule has 5 heteroatoms. The van der Waals surface area contributed by atoms with Crippen molar-refractivity contribution in [3.63, 3.8) is 0 Å². The molecule has 0 aliphatic carbocycles. The van der Waals surface area contributed by atoms with Gasteiger partial charge in [-0.1, -0.05) is 31.5 Å². The van der Waals surface area contributed by atoms with Crippen molar-refractivity contribution in [3.05, 3.63) is 29.3 Å². The second kappa shape index (κ2) is 7.59. The summed E-state index contributed by atoms with van der Waals surface area (Å²) in [5.74, 6) is 0.930. The minimum atomic E-state index is -0.472. The summed E-state index contributed by atoms with van der Waals surface area (Å²) in [4.78, 5) is 26.1. The molecule has 0 radical (unpaired) electrons. The smallest absolute Gasteiger partial charge is 0.307 e. The number of nitrogens with one attached hydrogen (secondary N) is 2. The number of imide groups is 1. The van der Waals surface area contributed by atoms with Gasteiger partial charge in [0.2, 0.25) is 5.91 Å². The van der Waals surface area contributed by atoms with E-state index in [2.05, 4.69) is 29.4 Å². The third kappa shape index (κ3) is 5.36. The predicted octanol–water partition coefficient (Wildman–Crippen LogP) is 2.93. The Morgan fingerprint density at radius 3 is 2.43 bits per heavy atom. The Balaban J connectivity index is 1.83. The minimum absolute atomic E-state index is 0.256. The van der Waals surface area contributed by atoms with Crippen LogP contribution in [0.3, 0.4) is 0 Å². The number of urea groups is 1. The van der Waals surface area contributed by atoms with Crippen LogP contribution in [0.15, 0.2) is 18.2 Å². The summed E-state index contributed by atoms with van der Waals surface area (Å²) in [6.45, 7) is 10.4. The Kier molecular flexibility index (Phi) is 5.77. The fourth-order valence-corrected chi connectivity index (χ4v) is 3.40. The first-order chi connectivity index (χ1) is 10.8. The van der Waals surface area contributed by atoms with Crippen LogP contribution < -0.4 is 10.6 Å². The van der Waals surface area contributed by atoms with Gasteiger partial charge in [0, 0.05) is 18.8 Å².